The maximum atomic E-state index is 13.3. The zero-order valence-corrected chi connectivity index (χ0v) is 8.28. The second kappa shape index (κ2) is 6.14. The summed E-state index contributed by atoms with van der Waals surface area (Å²) in [5, 5.41) is 8.51. The largest absolute Gasteiger partial charge is 0.491 e. The highest BCUT2D eigenvalue weighted by Gasteiger charge is 2.03. The van der Waals surface area contributed by atoms with Crippen molar-refractivity contribution >= 4 is 6.29 Å². The van der Waals surface area contributed by atoms with E-state index in [1.54, 1.807) is 12.1 Å². The quantitative estimate of drug-likeness (QED) is 0.723. The molecule has 82 valence electrons. The van der Waals surface area contributed by atoms with E-state index in [4.69, 9.17) is 9.84 Å². The van der Waals surface area contributed by atoms with Gasteiger partial charge in [-0.05, 0) is 18.1 Å². The van der Waals surface area contributed by atoms with E-state index in [1.165, 1.54) is 6.07 Å². The molecular formula is C11H13FO3. The van der Waals surface area contributed by atoms with Crippen LogP contribution in [-0.2, 0) is 11.2 Å². The van der Waals surface area contributed by atoms with Crippen LogP contribution in [0.4, 0.5) is 4.39 Å². The van der Waals surface area contributed by atoms with Gasteiger partial charge in [0.1, 0.15) is 24.5 Å². The summed E-state index contributed by atoms with van der Waals surface area (Å²) < 4.78 is 18.4. The van der Waals surface area contributed by atoms with Gasteiger partial charge in [-0.1, -0.05) is 6.07 Å². The first-order valence-corrected chi connectivity index (χ1v) is 4.73. The van der Waals surface area contributed by atoms with Crippen LogP contribution in [0.2, 0.25) is 0 Å². The van der Waals surface area contributed by atoms with Crippen LogP contribution in [0.25, 0.3) is 0 Å². The summed E-state index contributed by atoms with van der Waals surface area (Å²) in [6, 6.07) is 4.47. The maximum Gasteiger partial charge on any atom is 0.130 e. The third-order valence-electron chi connectivity index (χ3n) is 1.92. The fraction of sp³-hybridized carbons (Fsp3) is 0.364. The molecule has 3 nitrogen and oxygen atoms in total. The van der Waals surface area contributed by atoms with Gasteiger partial charge < -0.3 is 14.6 Å². The predicted molar refractivity (Wildman–Crippen MR) is 53.4 cm³/mol. The molecule has 4 heteroatoms. The lowest BCUT2D eigenvalue weighted by Gasteiger charge is -2.06. The molecule has 1 N–H and O–H groups in total. The highest BCUT2D eigenvalue weighted by atomic mass is 19.1. The number of aldehydes is 1. The van der Waals surface area contributed by atoms with Gasteiger partial charge >= 0.3 is 0 Å². The Hall–Kier alpha value is -1.42. The molecule has 0 aliphatic heterocycles. The van der Waals surface area contributed by atoms with Crippen molar-refractivity contribution in [3.8, 4) is 5.75 Å². The van der Waals surface area contributed by atoms with Crippen molar-refractivity contribution in [2.24, 2.45) is 0 Å². The third kappa shape index (κ3) is 3.67. The monoisotopic (exact) mass is 212 g/mol. The first-order valence-electron chi connectivity index (χ1n) is 4.73. The number of carbonyl (C=O) groups excluding carboxylic acids is 1. The van der Waals surface area contributed by atoms with Crippen molar-refractivity contribution in [2.75, 3.05) is 13.2 Å². The van der Waals surface area contributed by atoms with E-state index in [-0.39, 0.29) is 19.0 Å². The fourth-order valence-corrected chi connectivity index (χ4v) is 1.20. The number of benzene rings is 1. The van der Waals surface area contributed by atoms with Gasteiger partial charge in [-0.15, -0.1) is 0 Å². The molecule has 0 aliphatic rings. The smallest absolute Gasteiger partial charge is 0.130 e. The summed E-state index contributed by atoms with van der Waals surface area (Å²) in [5.74, 6) is 0.00342. The van der Waals surface area contributed by atoms with Gasteiger partial charge in [0.05, 0.1) is 6.61 Å². The topological polar surface area (TPSA) is 46.5 Å². The maximum absolute atomic E-state index is 13.3. The summed E-state index contributed by atoms with van der Waals surface area (Å²) in [5.41, 5.74) is 0.499. The van der Waals surface area contributed by atoms with Gasteiger partial charge in [0.25, 0.3) is 0 Å². The lowest BCUT2D eigenvalue weighted by Crippen LogP contribution is -2.02. The molecule has 0 aliphatic carbocycles. The van der Waals surface area contributed by atoms with E-state index >= 15 is 0 Å². The Balaban J connectivity index is 2.65. The fourth-order valence-electron chi connectivity index (χ4n) is 1.20. The Morgan fingerprint density at radius 2 is 2.27 bits per heavy atom. The summed E-state index contributed by atoms with van der Waals surface area (Å²) in [6.07, 6.45) is 1.47. The molecule has 0 bridgehead atoms. The molecule has 0 aromatic heterocycles. The Bertz CT molecular complexity index is 326. The molecule has 0 amide bonds. The van der Waals surface area contributed by atoms with Crippen molar-refractivity contribution in [3.63, 3.8) is 0 Å². The van der Waals surface area contributed by atoms with Crippen LogP contribution in [0.15, 0.2) is 18.2 Å². The molecule has 0 radical (unpaired) electrons. The summed E-state index contributed by atoms with van der Waals surface area (Å²) in [7, 11) is 0. The molecule has 0 heterocycles. The first-order chi connectivity index (χ1) is 7.27. The van der Waals surface area contributed by atoms with Crippen LogP contribution < -0.4 is 4.74 Å². The first kappa shape index (κ1) is 11.7. The number of hydrogen-bond acceptors (Lipinski definition) is 3. The number of aliphatic hydroxyl groups excluding tert-OH is 1. The molecular weight excluding hydrogens is 199 g/mol. The predicted octanol–water partition coefficient (Wildman–Crippen LogP) is 1.33. The van der Waals surface area contributed by atoms with E-state index in [0.717, 1.165) is 6.29 Å². The van der Waals surface area contributed by atoms with E-state index in [0.29, 0.717) is 24.2 Å². The van der Waals surface area contributed by atoms with Crippen LogP contribution in [0, 0.1) is 5.82 Å². The van der Waals surface area contributed by atoms with Crippen LogP contribution in [0.3, 0.4) is 0 Å². The minimum atomic E-state index is -0.382. The highest BCUT2D eigenvalue weighted by Crippen LogP contribution is 2.17. The molecule has 0 atom stereocenters. The van der Waals surface area contributed by atoms with E-state index in [2.05, 4.69) is 0 Å². The van der Waals surface area contributed by atoms with E-state index < -0.39 is 0 Å². The number of rotatable bonds is 6. The molecule has 1 rings (SSSR count). The van der Waals surface area contributed by atoms with Crippen LogP contribution in [0.1, 0.15) is 12.0 Å². The molecule has 0 spiro atoms. The lowest BCUT2D eigenvalue weighted by atomic mass is 10.1. The molecule has 0 fully saturated rings. The van der Waals surface area contributed by atoms with Gasteiger partial charge in [-0.3, -0.25) is 0 Å². The second-order valence-electron chi connectivity index (χ2n) is 3.03. The Morgan fingerprint density at radius 1 is 1.47 bits per heavy atom. The third-order valence-corrected chi connectivity index (χ3v) is 1.92. The summed E-state index contributed by atoms with van der Waals surface area (Å²) in [4.78, 5) is 10.1. The molecule has 1 aromatic carbocycles. The molecule has 0 unspecified atom stereocenters. The summed E-state index contributed by atoms with van der Waals surface area (Å²) in [6.45, 7) is 0.0433. The van der Waals surface area contributed by atoms with Gasteiger partial charge in [-0.2, -0.15) is 0 Å². The number of halogens is 1. The SMILES string of the molecule is O=CCCc1ccc(OCCO)cc1F. The number of aliphatic hydroxyl groups is 1. The summed E-state index contributed by atoms with van der Waals surface area (Å²) >= 11 is 0. The highest BCUT2D eigenvalue weighted by molar-refractivity contribution is 5.50. The van der Waals surface area contributed by atoms with Crippen molar-refractivity contribution in [1.82, 2.24) is 0 Å². The Kier molecular flexibility index (Phi) is 4.77. The van der Waals surface area contributed by atoms with Crippen molar-refractivity contribution in [1.29, 1.82) is 0 Å². The minimum Gasteiger partial charge on any atom is -0.491 e. The van der Waals surface area contributed by atoms with Crippen LogP contribution >= 0.6 is 0 Å². The average Bonchev–Trinajstić information content (AvgIpc) is 2.25. The van der Waals surface area contributed by atoms with Crippen molar-refractivity contribution in [2.45, 2.75) is 12.8 Å². The Labute approximate surface area is 87.5 Å². The van der Waals surface area contributed by atoms with Crippen LogP contribution in [-0.4, -0.2) is 24.6 Å². The number of carbonyl (C=O) groups is 1. The normalized spacial score (nSPS) is 10.0. The molecule has 0 saturated carbocycles. The average molecular weight is 212 g/mol. The number of hydrogen-bond donors (Lipinski definition) is 1. The zero-order chi connectivity index (χ0) is 11.1. The lowest BCUT2D eigenvalue weighted by molar-refractivity contribution is -0.107. The standard InChI is InChI=1S/C11H13FO3/c12-11-8-10(15-7-6-14)4-3-9(11)2-1-5-13/h3-5,8,14H,1-2,6-7H2. The van der Waals surface area contributed by atoms with Crippen molar-refractivity contribution < 1.29 is 19.0 Å². The Morgan fingerprint density at radius 3 is 2.87 bits per heavy atom. The second-order valence-corrected chi connectivity index (χ2v) is 3.03. The zero-order valence-electron chi connectivity index (χ0n) is 8.28. The van der Waals surface area contributed by atoms with Gasteiger partial charge in [0.2, 0.25) is 0 Å². The van der Waals surface area contributed by atoms with E-state index in [1.807, 2.05) is 0 Å². The van der Waals surface area contributed by atoms with E-state index in [9.17, 15) is 9.18 Å². The molecule has 15 heavy (non-hydrogen) atoms. The number of aryl methyl sites for hydroxylation is 1. The molecule has 1 aromatic rings. The van der Waals surface area contributed by atoms with Crippen LogP contribution in [0.5, 0.6) is 5.75 Å². The minimum absolute atomic E-state index is 0.103. The number of ether oxygens (including phenoxy) is 1. The van der Waals surface area contributed by atoms with Gasteiger partial charge in [0.15, 0.2) is 0 Å². The van der Waals surface area contributed by atoms with Gasteiger partial charge in [0, 0.05) is 12.5 Å². The molecule has 0 saturated heterocycles. The van der Waals surface area contributed by atoms with Crippen molar-refractivity contribution in [3.05, 3.63) is 29.6 Å². The van der Waals surface area contributed by atoms with Gasteiger partial charge in [-0.25, -0.2) is 4.39 Å².